The van der Waals surface area contributed by atoms with Crippen molar-refractivity contribution < 1.29 is 4.52 Å². The molecule has 1 saturated heterocycles. The summed E-state index contributed by atoms with van der Waals surface area (Å²) in [5, 5.41) is 7.61. The molecule has 1 unspecified atom stereocenters. The summed E-state index contributed by atoms with van der Waals surface area (Å²) in [4.78, 5) is 2.54. The largest absolute Gasteiger partial charge is 0.361 e. The van der Waals surface area contributed by atoms with E-state index in [4.69, 9.17) is 4.52 Å². The third-order valence-corrected chi connectivity index (χ3v) is 4.08. The number of rotatable bonds is 4. The summed E-state index contributed by atoms with van der Waals surface area (Å²) in [5.41, 5.74) is 2.31. The van der Waals surface area contributed by atoms with Crippen molar-refractivity contribution in [2.45, 2.75) is 52.6 Å². The summed E-state index contributed by atoms with van der Waals surface area (Å²) in [7, 11) is 0. The fourth-order valence-electron chi connectivity index (χ4n) is 3.05. The van der Waals surface area contributed by atoms with E-state index >= 15 is 0 Å². The number of hydrogen-bond donors (Lipinski definition) is 1. The van der Waals surface area contributed by atoms with Crippen LogP contribution in [0.2, 0.25) is 0 Å². The predicted molar refractivity (Wildman–Crippen MR) is 72.7 cm³/mol. The van der Waals surface area contributed by atoms with E-state index in [0.29, 0.717) is 12.1 Å². The molecule has 4 heteroatoms. The average Bonchev–Trinajstić information content (AvgIpc) is 2.70. The second-order valence-corrected chi connectivity index (χ2v) is 5.28. The zero-order valence-electron chi connectivity index (χ0n) is 12.0. The molecule has 1 aliphatic heterocycles. The minimum Gasteiger partial charge on any atom is -0.361 e. The van der Waals surface area contributed by atoms with E-state index in [1.165, 1.54) is 18.4 Å². The number of nitrogens with one attached hydrogen (secondary N) is 1. The van der Waals surface area contributed by atoms with Crippen LogP contribution in [-0.2, 0) is 0 Å². The van der Waals surface area contributed by atoms with Crippen LogP contribution in [0.15, 0.2) is 4.52 Å². The van der Waals surface area contributed by atoms with E-state index in [1.807, 2.05) is 13.8 Å². The highest BCUT2D eigenvalue weighted by molar-refractivity contribution is 5.24. The fraction of sp³-hybridized carbons (Fsp3) is 0.786. The average molecular weight is 251 g/mol. The van der Waals surface area contributed by atoms with Crippen molar-refractivity contribution in [3.63, 3.8) is 0 Å². The molecule has 0 aromatic carbocycles. The van der Waals surface area contributed by atoms with Crippen LogP contribution in [0.3, 0.4) is 0 Å². The van der Waals surface area contributed by atoms with Crippen molar-refractivity contribution in [1.82, 2.24) is 15.4 Å². The molecule has 1 fully saturated rings. The van der Waals surface area contributed by atoms with Gasteiger partial charge in [0.1, 0.15) is 5.76 Å². The molecular formula is C14H25N3O. The summed E-state index contributed by atoms with van der Waals surface area (Å²) in [5.74, 6) is 0.966. The lowest BCUT2D eigenvalue weighted by molar-refractivity contribution is 0.152. The van der Waals surface area contributed by atoms with Gasteiger partial charge in [-0.3, -0.25) is 4.90 Å². The number of likely N-dealkylation sites (tertiary alicyclic amines) is 1. The summed E-state index contributed by atoms with van der Waals surface area (Å²) >= 11 is 0. The van der Waals surface area contributed by atoms with Crippen molar-refractivity contribution in [3.8, 4) is 0 Å². The third kappa shape index (κ3) is 2.75. The molecule has 102 valence electrons. The Morgan fingerprint density at radius 3 is 2.56 bits per heavy atom. The Morgan fingerprint density at radius 1 is 1.39 bits per heavy atom. The van der Waals surface area contributed by atoms with Gasteiger partial charge in [0.15, 0.2) is 0 Å². The molecular weight excluding hydrogens is 226 g/mol. The van der Waals surface area contributed by atoms with Gasteiger partial charge in [0.05, 0.1) is 5.69 Å². The van der Waals surface area contributed by atoms with Crippen LogP contribution in [0, 0.1) is 13.8 Å². The smallest absolute Gasteiger partial charge is 0.138 e. The Hall–Kier alpha value is -0.870. The van der Waals surface area contributed by atoms with Crippen LogP contribution >= 0.6 is 0 Å². The maximum atomic E-state index is 5.28. The maximum Gasteiger partial charge on any atom is 0.138 e. The zero-order chi connectivity index (χ0) is 13.1. The highest BCUT2D eigenvalue weighted by Crippen LogP contribution is 2.28. The van der Waals surface area contributed by atoms with Gasteiger partial charge in [-0.2, -0.15) is 0 Å². The normalized spacial score (nSPS) is 20.2. The molecule has 2 heterocycles. The quantitative estimate of drug-likeness (QED) is 0.892. The molecule has 1 aromatic heterocycles. The predicted octanol–water partition coefficient (Wildman–Crippen LogP) is 2.43. The SMILES string of the molecule is CCNC1CCN(C(C)c2c(C)noc2C)CC1. The molecule has 0 radical (unpaired) electrons. The number of nitrogens with zero attached hydrogens (tertiary/aromatic N) is 2. The first-order chi connectivity index (χ1) is 8.63. The van der Waals surface area contributed by atoms with Crippen LogP contribution in [0.1, 0.15) is 49.7 Å². The highest BCUT2D eigenvalue weighted by atomic mass is 16.5. The standard InChI is InChI=1S/C14H25N3O/c1-5-15-13-6-8-17(9-7-13)11(3)14-10(2)16-18-12(14)4/h11,13,15H,5-9H2,1-4H3. The third-order valence-electron chi connectivity index (χ3n) is 4.08. The second-order valence-electron chi connectivity index (χ2n) is 5.28. The first-order valence-corrected chi connectivity index (χ1v) is 7.03. The molecule has 1 N–H and O–H groups in total. The lowest BCUT2D eigenvalue weighted by atomic mass is 9.99. The molecule has 1 atom stereocenters. The van der Waals surface area contributed by atoms with E-state index in [-0.39, 0.29) is 0 Å². The number of piperidine rings is 1. The van der Waals surface area contributed by atoms with Gasteiger partial charge in [0.25, 0.3) is 0 Å². The topological polar surface area (TPSA) is 41.3 Å². The summed E-state index contributed by atoms with van der Waals surface area (Å²) < 4.78 is 5.28. The Morgan fingerprint density at radius 2 is 2.06 bits per heavy atom. The first-order valence-electron chi connectivity index (χ1n) is 7.03. The second kappa shape index (κ2) is 5.85. The van der Waals surface area contributed by atoms with Crippen LogP contribution in [0.4, 0.5) is 0 Å². The van der Waals surface area contributed by atoms with Gasteiger partial charge >= 0.3 is 0 Å². The minimum absolute atomic E-state index is 0.416. The lowest BCUT2D eigenvalue weighted by Gasteiger charge is -2.36. The number of aromatic nitrogens is 1. The van der Waals surface area contributed by atoms with Gasteiger partial charge in [-0.25, -0.2) is 0 Å². The number of aryl methyl sites for hydroxylation is 2. The van der Waals surface area contributed by atoms with E-state index < -0.39 is 0 Å². The van der Waals surface area contributed by atoms with Gasteiger partial charge in [-0.05, 0) is 40.2 Å². The van der Waals surface area contributed by atoms with Gasteiger partial charge in [0, 0.05) is 30.7 Å². The lowest BCUT2D eigenvalue weighted by Crippen LogP contribution is -2.43. The molecule has 1 aliphatic rings. The van der Waals surface area contributed by atoms with E-state index in [1.54, 1.807) is 0 Å². The van der Waals surface area contributed by atoms with Crippen molar-refractivity contribution >= 4 is 0 Å². The van der Waals surface area contributed by atoms with Crippen LogP contribution in [0.5, 0.6) is 0 Å². The van der Waals surface area contributed by atoms with E-state index in [0.717, 1.165) is 31.1 Å². The molecule has 0 aliphatic carbocycles. The highest BCUT2D eigenvalue weighted by Gasteiger charge is 2.26. The molecule has 1 aromatic rings. The summed E-state index contributed by atoms with van der Waals surface area (Å²) in [6.07, 6.45) is 2.48. The summed E-state index contributed by atoms with van der Waals surface area (Å²) in [6, 6.07) is 1.11. The monoisotopic (exact) mass is 251 g/mol. The molecule has 0 spiro atoms. The van der Waals surface area contributed by atoms with Crippen LogP contribution in [0.25, 0.3) is 0 Å². The Balaban J connectivity index is 1.97. The maximum absolute atomic E-state index is 5.28. The Bertz CT molecular complexity index is 361. The van der Waals surface area contributed by atoms with Crippen molar-refractivity contribution in [1.29, 1.82) is 0 Å². The van der Waals surface area contributed by atoms with Gasteiger partial charge in [-0.15, -0.1) is 0 Å². The molecule has 2 rings (SSSR count). The minimum atomic E-state index is 0.416. The van der Waals surface area contributed by atoms with Crippen LogP contribution < -0.4 is 5.32 Å². The molecule has 0 amide bonds. The van der Waals surface area contributed by atoms with Gasteiger partial charge in [-0.1, -0.05) is 12.1 Å². The van der Waals surface area contributed by atoms with Crippen molar-refractivity contribution in [2.75, 3.05) is 19.6 Å². The van der Waals surface area contributed by atoms with Crippen molar-refractivity contribution in [3.05, 3.63) is 17.0 Å². The van der Waals surface area contributed by atoms with Gasteiger partial charge < -0.3 is 9.84 Å². The molecule has 18 heavy (non-hydrogen) atoms. The van der Waals surface area contributed by atoms with Crippen LogP contribution in [-0.4, -0.2) is 35.7 Å². The van der Waals surface area contributed by atoms with Crippen molar-refractivity contribution in [2.24, 2.45) is 0 Å². The van der Waals surface area contributed by atoms with Gasteiger partial charge in [0.2, 0.25) is 0 Å². The number of hydrogen-bond acceptors (Lipinski definition) is 4. The molecule has 0 saturated carbocycles. The molecule has 0 bridgehead atoms. The fourth-order valence-corrected chi connectivity index (χ4v) is 3.05. The Kier molecular flexibility index (Phi) is 4.40. The van der Waals surface area contributed by atoms with E-state index in [2.05, 4.69) is 29.2 Å². The van der Waals surface area contributed by atoms with E-state index in [9.17, 15) is 0 Å². The Labute approximate surface area is 110 Å². The molecule has 4 nitrogen and oxygen atoms in total. The zero-order valence-corrected chi connectivity index (χ0v) is 12.0. The summed E-state index contributed by atoms with van der Waals surface area (Å²) in [6.45, 7) is 11.9. The first kappa shape index (κ1) is 13.6.